The molecule has 0 radical (unpaired) electrons. The van der Waals surface area contributed by atoms with Crippen LogP contribution in [0.1, 0.15) is 27.4 Å². The summed E-state index contributed by atoms with van der Waals surface area (Å²) in [4.78, 5) is 12.0. The molecule has 1 aromatic carbocycles. The first-order valence-electron chi connectivity index (χ1n) is 5.26. The molecule has 0 fully saturated rings. The Hall–Kier alpha value is -2.17. The van der Waals surface area contributed by atoms with E-state index in [0.29, 0.717) is 5.76 Å². The van der Waals surface area contributed by atoms with Crippen LogP contribution in [0.25, 0.3) is 0 Å². The van der Waals surface area contributed by atoms with Gasteiger partial charge in [-0.05, 0) is 31.5 Å². The monoisotopic (exact) mass is 251 g/mol. The van der Waals surface area contributed by atoms with Crippen LogP contribution in [0.4, 0.5) is 14.5 Å². The number of rotatable bonds is 2. The zero-order valence-electron chi connectivity index (χ0n) is 9.88. The van der Waals surface area contributed by atoms with Crippen molar-refractivity contribution in [3.63, 3.8) is 0 Å². The van der Waals surface area contributed by atoms with E-state index in [4.69, 9.17) is 10.2 Å². The SMILES string of the molecule is Cc1cc(C(=O)c2cc(F)c(F)cc2N)oc1C. The van der Waals surface area contributed by atoms with Crippen molar-refractivity contribution in [2.24, 2.45) is 0 Å². The highest BCUT2D eigenvalue weighted by Gasteiger charge is 2.19. The Balaban J connectivity index is 2.49. The number of benzene rings is 1. The van der Waals surface area contributed by atoms with Crippen LogP contribution >= 0.6 is 0 Å². The number of aryl methyl sites for hydroxylation is 2. The average Bonchev–Trinajstić information content (AvgIpc) is 2.63. The number of furan rings is 1. The number of anilines is 1. The van der Waals surface area contributed by atoms with Gasteiger partial charge in [0, 0.05) is 11.8 Å². The Morgan fingerprint density at radius 2 is 1.78 bits per heavy atom. The van der Waals surface area contributed by atoms with Crippen LogP contribution in [0.15, 0.2) is 22.6 Å². The second-order valence-electron chi connectivity index (χ2n) is 4.03. The van der Waals surface area contributed by atoms with E-state index in [9.17, 15) is 13.6 Å². The maximum Gasteiger partial charge on any atom is 0.230 e. The number of hydrogen-bond donors (Lipinski definition) is 1. The fourth-order valence-electron chi connectivity index (χ4n) is 1.58. The summed E-state index contributed by atoms with van der Waals surface area (Å²) in [5.41, 5.74) is 6.08. The number of carbonyl (C=O) groups is 1. The topological polar surface area (TPSA) is 56.2 Å². The molecular formula is C13H11F2NO2. The minimum atomic E-state index is -1.12. The van der Waals surface area contributed by atoms with E-state index >= 15 is 0 Å². The number of nitrogen functional groups attached to an aromatic ring is 1. The molecule has 5 heteroatoms. The summed E-state index contributed by atoms with van der Waals surface area (Å²) in [6.45, 7) is 3.49. The van der Waals surface area contributed by atoms with Gasteiger partial charge < -0.3 is 10.2 Å². The Bertz CT molecular complexity index is 613. The van der Waals surface area contributed by atoms with Crippen molar-refractivity contribution >= 4 is 11.5 Å². The lowest BCUT2D eigenvalue weighted by molar-refractivity contribution is 0.101. The molecule has 0 bridgehead atoms. The lowest BCUT2D eigenvalue weighted by Gasteiger charge is -2.03. The smallest absolute Gasteiger partial charge is 0.230 e. The van der Waals surface area contributed by atoms with Gasteiger partial charge in [0.25, 0.3) is 0 Å². The van der Waals surface area contributed by atoms with Gasteiger partial charge in [-0.25, -0.2) is 8.78 Å². The first-order valence-corrected chi connectivity index (χ1v) is 5.26. The highest BCUT2D eigenvalue weighted by Crippen LogP contribution is 2.22. The van der Waals surface area contributed by atoms with Crippen LogP contribution < -0.4 is 5.73 Å². The molecule has 0 spiro atoms. The zero-order chi connectivity index (χ0) is 13.4. The van der Waals surface area contributed by atoms with Gasteiger partial charge in [-0.1, -0.05) is 0 Å². The van der Waals surface area contributed by atoms with Crippen LogP contribution in [-0.4, -0.2) is 5.78 Å². The van der Waals surface area contributed by atoms with E-state index in [1.54, 1.807) is 19.9 Å². The average molecular weight is 251 g/mol. The summed E-state index contributed by atoms with van der Waals surface area (Å²) in [7, 11) is 0. The Labute approximate surface area is 102 Å². The summed E-state index contributed by atoms with van der Waals surface area (Å²) in [6.07, 6.45) is 0. The maximum absolute atomic E-state index is 13.1. The zero-order valence-corrected chi connectivity index (χ0v) is 9.88. The lowest BCUT2D eigenvalue weighted by atomic mass is 10.1. The molecule has 0 atom stereocenters. The van der Waals surface area contributed by atoms with Gasteiger partial charge in [0.1, 0.15) is 5.76 Å². The second kappa shape index (κ2) is 4.25. The van der Waals surface area contributed by atoms with E-state index in [1.807, 2.05) is 0 Å². The molecule has 0 saturated heterocycles. The van der Waals surface area contributed by atoms with Gasteiger partial charge in [-0.15, -0.1) is 0 Å². The molecule has 1 aromatic heterocycles. The second-order valence-corrected chi connectivity index (χ2v) is 4.03. The summed E-state index contributed by atoms with van der Waals surface area (Å²) >= 11 is 0. The van der Waals surface area contributed by atoms with Gasteiger partial charge in [-0.2, -0.15) is 0 Å². The van der Waals surface area contributed by atoms with E-state index < -0.39 is 17.4 Å². The molecule has 2 N–H and O–H groups in total. The predicted octanol–water partition coefficient (Wildman–Crippen LogP) is 2.99. The first kappa shape index (κ1) is 12.3. The number of halogens is 2. The Morgan fingerprint density at radius 1 is 1.17 bits per heavy atom. The van der Waals surface area contributed by atoms with Gasteiger partial charge in [0.2, 0.25) is 5.78 Å². The predicted molar refractivity (Wildman–Crippen MR) is 62.4 cm³/mol. The Morgan fingerprint density at radius 3 is 2.33 bits per heavy atom. The number of ketones is 1. The van der Waals surface area contributed by atoms with Crippen molar-refractivity contribution in [2.45, 2.75) is 13.8 Å². The van der Waals surface area contributed by atoms with Crippen molar-refractivity contribution in [3.05, 3.63) is 52.5 Å². The minimum absolute atomic E-state index is 0.0581. The maximum atomic E-state index is 13.1. The molecule has 0 amide bonds. The highest BCUT2D eigenvalue weighted by molar-refractivity contribution is 6.10. The molecule has 3 nitrogen and oxygen atoms in total. The van der Waals surface area contributed by atoms with E-state index in [-0.39, 0.29) is 17.0 Å². The van der Waals surface area contributed by atoms with Crippen molar-refractivity contribution < 1.29 is 18.0 Å². The number of nitrogens with two attached hydrogens (primary N) is 1. The molecule has 0 unspecified atom stereocenters. The van der Waals surface area contributed by atoms with Crippen molar-refractivity contribution in [1.29, 1.82) is 0 Å². The minimum Gasteiger partial charge on any atom is -0.458 e. The molecule has 0 aliphatic carbocycles. The molecule has 0 aliphatic heterocycles. The summed E-state index contributed by atoms with van der Waals surface area (Å²) in [6, 6.07) is 3.10. The number of carbonyl (C=O) groups excluding carboxylic acids is 1. The lowest BCUT2D eigenvalue weighted by Crippen LogP contribution is -2.06. The van der Waals surface area contributed by atoms with Crippen molar-refractivity contribution in [3.8, 4) is 0 Å². The van der Waals surface area contributed by atoms with Crippen molar-refractivity contribution in [1.82, 2.24) is 0 Å². The molecule has 94 valence electrons. The van der Waals surface area contributed by atoms with Crippen LogP contribution in [0.5, 0.6) is 0 Å². The molecule has 18 heavy (non-hydrogen) atoms. The standard InChI is InChI=1S/C13H11F2NO2/c1-6-3-12(18-7(6)2)13(17)8-4-9(14)10(15)5-11(8)16/h3-5H,16H2,1-2H3. The van der Waals surface area contributed by atoms with Gasteiger partial charge in [0.15, 0.2) is 17.4 Å². The van der Waals surface area contributed by atoms with Gasteiger partial charge >= 0.3 is 0 Å². The largest absolute Gasteiger partial charge is 0.458 e. The summed E-state index contributed by atoms with van der Waals surface area (Å²) < 4.78 is 31.2. The molecule has 0 saturated carbocycles. The fraction of sp³-hybridized carbons (Fsp3) is 0.154. The quantitative estimate of drug-likeness (QED) is 0.659. The molecular weight excluding hydrogens is 240 g/mol. The third-order valence-corrected chi connectivity index (χ3v) is 2.73. The summed E-state index contributed by atoms with van der Waals surface area (Å²) in [5, 5.41) is 0. The molecule has 2 aromatic rings. The third kappa shape index (κ3) is 1.99. The Kier molecular flexibility index (Phi) is 2.90. The van der Waals surface area contributed by atoms with E-state index in [1.165, 1.54) is 0 Å². The normalized spacial score (nSPS) is 10.7. The third-order valence-electron chi connectivity index (χ3n) is 2.73. The van der Waals surface area contributed by atoms with Gasteiger partial charge in [0.05, 0.1) is 5.56 Å². The van der Waals surface area contributed by atoms with Crippen LogP contribution in [0, 0.1) is 25.5 Å². The highest BCUT2D eigenvalue weighted by atomic mass is 19.2. The number of hydrogen-bond acceptors (Lipinski definition) is 3. The molecule has 1 heterocycles. The summed E-state index contributed by atoms with van der Waals surface area (Å²) in [5.74, 6) is -2.12. The van der Waals surface area contributed by atoms with E-state index in [0.717, 1.165) is 17.7 Å². The molecule has 0 aliphatic rings. The van der Waals surface area contributed by atoms with E-state index in [2.05, 4.69) is 0 Å². The van der Waals surface area contributed by atoms with Crippen molar-refractivity contribution in [2.75, 3.05) is 5.73 Å². The van der Waals surface area contributed by atoms with Crippen LogP contribution in [0.2, 0.25) is 0 Å². The fourth-order valence-corrected chi connectivity index (χ4v) is 1.58. The van der Waals surface area contributed by atoms with Crippen LogP contribution in [-0.2, 0) is 0 Å². The molecule has 2 rings (SSSR count). The van der Waals surface area contributed by atoms with Gasteiger partial charge in [-0.3, -0.25) is 4.79 Å². The van der Waals surface area contributed by atoms with Crippen LogP contribution in [0.3, 0.4) is 0 Å². The first-order chi connectivity index (χ1) is 8.40.